The predicted octanol–water partition coefficient (Wildman–Crippen LogP) is 2.92. The lowest BCUT2D eigenvalue weighted by Gasteiger charge is -2.31. The third-order valence-corrected chi connectivity index (χ3v) is 3.85. The van der Waals surface area contributed by atoms with Crippen LogP contribution < -0.4 is 0 Å². The Morgan fingerprint density at radius 2 is 1.00 bits per heavy atom. The molecule has 0 aliphatic heterocycles. The number of aliphatic hydroxyl groups excluding tert-OH is 2. The van der Waals surface area contributed by atoms with E-state index in [4.69, 9.17) is 9.47 Å². The van der Waals surface area contributed by atoms with Gasteiger partial charge in [-0.15, -0.1) is 0 Å². The van der Waals surface area contributed by atoms with Crippen LogP contribution in [0, 0.1) is 0 Å². The second kappa shape index (κ2) is 9.55. The topological polar surface area (TPSA) is 58.9 Å². The molecule has 0 aliphatic rings. The van der Waals surface area contributed by atoms with Crippen LogP contribution in [0.4, 0.5) is 0 Å². The van der Waals surface area contributed by atoms with E-state index in [1.54, 1.807) is 13.8 Å². The van der Waals surface area contributed by atoms with Crippen molar-refractivity contribution in [1.29, 1.82) is 0 Å². The van der Waals surface area contributed by atoms with Crippen molar-refractivity contribution in [1.82, 2.24) is 0 Å². The zero-order valence-corrected chi connectivity index (χ0v) is 14.2. The highest BCUT2D eigenvalue weighted by molar-refractivity contribution is 5.14. The molecule has 2 rings (SSSR count). The van der Waals surface area contributed by atoms with Crippen molar-refractivity contribution >= 4 is 0 Å². The summed E-state index contributed by atoms with van der Waals surface area (Å²) in [5.74, 6) is 0. The molecule has 0 aliphatic carbocycles. The van der Waals surface area contributed by atoms with Crippen LogP contribution in [-0.2, 0) is 22.7 Å². The number of rotatable bonds is 9. The monoisotopic (exact) mass is 330 g/mol. The van der Waals surface area contributed by atoms with Crippen molar-refractivity contribution in [3.8, 4) is 0 Å². The van der Waals surface area contributed by atoms with Gasteiger partial charge in [-0.3, -0.25) is 0 Å². The zero-order valence-electron chi connectivity index (χ0n) is 14.2. The normalized spacial score (nSPS) is 16.3. The van der Waals surface area contributed by atoms with E-state index in [1.807, 2.05) is 60.7 Å². The van der Waals surface area contributed by atoms with Crippen LogP contribution in [0.1, 0.15) is 25.0 Å². The molecule has 0 aromatic heterocycles. The van der Waals surface area contributed by atoms with Crippen molar-refractivity contribution in [2.24, 2.45) is 0 Å². The average molecular weight is 330 g/mol. The second-order valence-corrected chi connectivity index (χ2v) is 6.00. The summed E-state index contributed by atoms with van der Waals surface area (Å²) in [7, 11) is 0. The average Bonchev–Trinajstić information content (AvgIpc) is 2.59. The molecule has 4 atom stereocenters. The lowest BCUT2D eigenvalue weighted by atomic mass is 10.0. The first kappa shape index (κ1) is 18.6. The Hall–Kier alpha value is -1.72. The first-order valence-electron chi connectivity index (χ1n) is 8.25. The van der Waals surface area contributed by atoms with Gasteiger partial charge in [0.15, 0.2) is 0 Å². The summed E-state index contributed by atoms with van der Waals surface area (Å²) in [6.45, 7) is 4.01. The number of hydrogen-bond acceptors (Lipinski definition) is 4. The van der Waals surface area contributed by atoms with Gasteiger partial charge in [0.05, 0.1) is 25.4 Å². The van der Waals surface area contributed by atoms with E-state index in [-0.39, 0.29) is 0 Å². The van der Waals surface area contributed by atoms with Gasteiger partial charge >= 0.3 is 0 Å². The third kappa shape index (κ3) is 5.73. The summed E-state index contributed by atoms with van der Waals surface area (Å²) in [5.41, 5.74) is 2.02. The Kier molecular flexibility index (Phi) is 7.40. The van der Waals surface area contributed by atoms with E-state index in [0.717, 1.165) is 11.1 Å². The highest BCUT2D eigenvalue weighted by Crippen LogP contribution is 2.17. The Morgan fingerprint density at radius 1 is 0.667 bits per heavy atom. The van der Waals surface area contributed by atoms with E-state index in [1.165, 1.54) is 0 Å². The lowest BCUT2D eigenvalue weighted by molar-refractivity contribution is -0.159. The Labute approximate surface area is 143 Å². The molecule has 0 heterocycles. The predicted molar refractivity (Wildman–Crippen MR) is 93.4 cm³/mol. The second-order valence-electron chi connectivity index (χ2n) is 6.00. The van der Waals surface area contributed by atoms with Gasteiger partial charge in [-0.05, 0) is 25.0 Å². The quantitative estimate of drug-likeness (QED) is 0.742. The molecule has 0 spiro atoms. The number of ether oxygens (including phenoxy) is 2. The summed E-state index contributed by atoms with van der Waals surface area (Å²) in [5, 5.41) is 20.2. The minimum absolute atomic E-state index is 0.355. The van der Waals surface area contributed by atoms with Gasteiger partial charge in [-0.1, -0.05) is 60.7 Å². The molecule has 24 heavy (non-hydrogen) atoms. The molecule has 0 amide bonds. The van der Waals surface area contributed by atoms with Crippen LogP contribution in [0.15, 0.2) is 60.7 Å². The highest BCUT2D eigenvalue weighted by Gasteiger charge is 2.31. The van der Waals surface area contributed by atoms with E-state index in [9.17, 15) is 10.2 Å². The van der Waals surface area contributed by atoms with Gasteiger partial charge in [0, 0.05) is 0 Å². The Morgan fingerprint density at radius 3 is 1.29 bits per heavy atom. The summed E-state index contributed by atoms with van der Waals surface area (Å²) < 4.78 is 11.7. The van der Waals surface area contributed by atoms with Crippen LogP contribution >= 0.6 is 0 Å². The van der Waals surface area contributed by atoms with Gasteiger partial charge in [-0.25, -0.2) is 0 Å². The molecular formula is C20H26O4. The van der Waals surface area contributed by atoms with Crippen molar-refractivity contribution in [3.05, 3.63) is 71.8 Å². The van der Waals surface area contributed by atoms with Gasteiger partial charge < -0.3 is 19.7 Å². The first-order valence-corrected chi connectivity index (χ1v) is 8.25. The van der Waals surface area contributed by atoms with Crippen LogP contribution in [0.5, 0.6) is 0 Å². The van der Waals surface area contributed by atoms with Crippen LogP contribution in [0.25, 0.3) is 0 Å². The molecule has 4 nitrogen and oxygen atoms in total. The van der Waals surface area contributed by atoms with E-state index in [0.29, 0.717) is 13.2 Å². The fraction of sp³-hybridized carbons (Fsp3) is 0.400. The standard InChI is InChI=1S/C20H26O4/c1-15(21)19(23-13-17-9-5-3-6-10-17)20(16(2)22)24-14-18-11-7-4-8-12-18/h3-12,15-16,19-22H,13-14H2,1-2H3/t15-,16-,19-,20-/m1/s1. The van der Waals surface area contributed by atoms with Gasteiger partial charge in [-0.2, -0.15) is 0 Å². The molecule has 4 heteroatoms. The van der Waals surface area contributed by atoms with Crippen LogP contribution in [-0.4, -0.2) is 34.6 Å². The number of benzene rings is 2. The maximum absolute atomic E-state index is 10.1. The fourth-order valence-electron chi connectivity index (χ4n) is 2.55. The molecule has 2 aromatic rings. The molecule has 0 bridgehead atoms. The Bertz CT molecular complexity index is 515. The van der Waals surface area contributed by atoms with E-state index >= 15 is 0 Å². The maximum atomic E-state index is 10.1. The molecule has 0 saturated carbocycles. The maximum Gasteiger partial charge on any atom is 0.112 e. The van der Waals surface area contributed by atoms with Crippen molar-refractivity contribution < 1.29 is 19.7 Å². The number of hydrogen-bond donors (Lipinski definition) is 2. The molecular weight excluding hydrogens is 304 g/mol. The number of aliphatic hydroxyl groups is 2. The minimum Gasteiger partial charge on any atom is -0.391 e. The highest BCUT2D eigenvalue weighted by atomic mass is 16.6. The van der Waals surface area contributed by atoms with Crippen molar-refractivity contribution in [2.45, 2.75) is 51.5 Å². The third-order valence-electron chi connectivity index (χ3n) is 3.85. The van der Waals surface area contributed by atoms with Crippen LogP contribution in [0.2, 0.25) is 0 Å². The lowest BCUT2D eigenvalue weighted by Crippen LogP contribution is -2.45. The summed E-state index contributed by atoms with van der Waals surface area (Å²) >= 11 is 0. The molecule has 0 saturated heterocycles. The molecule has 2 aromatic carbocycles. The largest absolute Gasteiger partial charge is 0.391 e. The molecule has 130 valence electrons. The van der Waals surface area contributed by atoms with E-state index < -0.39 is 24.4 Å². The SMILES string of the molecule is C[C@@H](O)[C@@H](OCc1ccccc1)[C@H](OCc1ccccc1)[C@@H](C)O. The van der Waals surface area contributed by atoms with Gasteiger partial charge in [0.25, 0.3) is 0 Å². The summed E-state index contributed by atoms with van der Waals surface area (Å²) in [6.07, 6.45) is -2.75. The minimum atomic E-state index is -0.760. The van der Waals surface area contributed by atoms with Gasteiger partial charge in [0.1, 0.15) is 12.2 Å². The molecule has 2 N–H and O–H groups in total. The van der Waals surface area contributed by atoms with Crippen LogP contribution in [0.3, 0.4) is 0 Å². The first-order chi connectivity index (χ1) is 11.6. The van der Waals surface area contributed by atoms with Gasteiger partial charge in [0.2, 0.25) is 0 Å². The van der Waals surface area contributed by atoms with Crippen molar-refractivity contribution in [3.63, 3.8) is 0 Å². The molecule has 0 unspecified atom stereocenters. The molecule has 0 fully saturated rings. The summed E-state index contributed by atoms with van der Waals surface area (Å²) in [6, 6.07) is 19.5. The summed E-state index contributed by atoms with van der Waals surface area (Å²) in [4.78, 5) is 0. The van der Waals surface area contributed by atoms with Crippen molar-refractivity contribution in [2.75, 3.05) is 0 Å². The molecule has 0 radical (unpaired) electrons. The zero-order chi connectivity index (χ0) is 17.4. The fourth-order valence-corrected chi connectivity index (χ4v) is 2.55. The smallest absolute Gasteiger partial charge is 0.112 e. The Balaban J connectivity index is 2.00. The van der Waals surface area contributed by atoms with E-state index in [2.05, 4.69) is 0 Å².